The molecule has 0 radical (unpaired) electrons. The highest BCUT2D eigenvalue weighted by Gasteiger charge is 2.51. The number of hydrazine groups is 2. The molecule has 4 aliphatic heterocycles. The zero-order valence-corrected chi connectivity index (χ0v) is 18.5. The number of aromatic nitrogens is 1. The Morgan fingerprint density at radius 2 is 2.18 bits per heavy atom. The van der Waals surface area contributed by atoms with Crippen molar-refractivity contribution in [3.8, 4) is 0 Å². The number of fused-ring (bicyclic) bond motifs is 4. The Hall–Kier alpha value is -3.70. The molecule has 11 heteroatoms. The fraction of sp³-hybridized carbons (Fsp3) is 0.364. The average molecular weight is 448 g/mol. The standard InChI is InChI=1S/C22H25N9O2/c1-14-10-15-12-28(6-5-16(15)24-11-14)7-8-29-21-26-20-19(31(21)27(2)22(29)32)18(25-13-30(20)23)17-4-3-9-33-17/h3-4,9-11,13,21H,5-8,12,23H2,1-2H3. The summed E-state index contributed by atoms with van der Waals surface area (Å²) >= 11 is 0. The number of amidine groups is 1. The Balaban J connectivity index is 1.25. The van der Waals surface area contributed by atoms with Crippen LogP contribution >= 0.6 is 0 Å². The highest BCUT2D eigenvalue weighted by atomic mass is 16.3. The number of amides is 2. The van der Waals surface area contributed by atoms with Crippen molar-refractivity contribution in [1.82, 2.24) is 29.8 Å². The number of furan rings is 1. The molecule has 1 atom stereocenters. The van der Waals surface area contributed by atoms with Crippen LogP contribution in [0.3, 0.4) is 0 Å². The maximum atomic E-state index is 13.2. The first-order valence-corrected chi connectivity index (χ1v) is 11.0. The van der Waals surface area contributed by atoms with Crippen molar-refractivity contribution >= 4 is 23.9 Å². The first-order chi connectivity index (χ1) is 16.0. The summed E-state index contributed by atoms with van der Waals surface area (Å²) < 4.78 is 5.58. The van der Waals surface area contributed by atoms with E-state index in [0.717, 1.165) is 26.1 Å². The molecule has 6 heterocycles. The molecule has 11 nitrogen and oxygen atoms in total. The van der Waals surface area contributed by atoms with Crippen LogP contribution in [0.2, 0.25) is 0 Å². The molecule has 2 aromatic rings. The van der Waals surface area contributed by atoms with Gasteiger partial charge in [-0.3, -0.25) is 14.8 Å². The molecule has 2 N–H and O–H groups in total. The number of aryl methyl sites for hydroxylation is 1. The molecule has 6 rings (SSSR count). The molecule has 170 valence electrons. The highest BCUT2D eigenvalue weighted by molar-refractivity contribution is 6.12. The Labute approximate surface area is 191 Å². The van der Waals surface area contributed by atoms with E-state index in [9.17, 15) is 4.79 Å². The number of pyridine rings is 1. The second-order valence-corrected chi connectivity index (χ2v) is 8.61. The lowest BCUT2D eigenvalue weighted by Crippen LogP contribution is -2.44. The van der Waals surface area contributed by atoms with E-state index in [1.807, 2.05) is 17.3 Å². The summed E-state index contributed by atoms with van der Waals surface area (Å²) in [4.78, 5) is 31.1. The van der Waals surface area contributed by atoms with Gasteiger partial charge in [0.25, 0.3) is 0 Å². The molecule has 0 bridgehead atoms. The molecule has 2 amide bonds. The van der Waals surface area contributed by atoms with Crippen LogP contribution in [0.25, 0.3) is 5.70 Å². The lowest BCUT2D eigenvalue weighted by Gasteiger charge is -2.30. The minimum Gasteiger partial charge on any atom is -0.463 e. The molecule has 2 aromatic heterocycles. The van der Waals surface area contributed by atoms with Crippen molar-refractivity contribution in [3.63, 3.8) is 0 Å². The van der Waals surface area contributed by atoms with Crippen molar-refractivity contribution < 1.29 is 9.21 Å². The minimum absolute atomic E-state index is 0.109. The van der Waals surface area contributed by atoms with Gasteiger partial charge in [-0.1, -0.05) is 6.07 Å². The Morgan fingerprint density at radius 3 is 3.00 bits per heavy atom. The van der Waals surface area contributed by atoms with E-state index in [1.165, 1.54) is 28.2 Å². The van der Waals surface area contributed by atoms with Gasteiger partial charge in [-0.05, 0) is 30.2 Å². The monoisotopic (exact) mass is 447 g/mol. The van der Waals surface area contributed by atoms with Crippen LogP contribution in [0.5, 0.6) is 0 Å². The Morgan fingerprint density at radius 1 is 1.30 bits per heavy atom. The fourth-order valence-electron chi connectivity index (χ4n) is 4.81. The second-order valence-electron chi connectivity index (χ2n) is 8.61. The van der Waals surface area contributed by atoms with E-state index in [-0.39, 0.29) is 6.03 Å². The maximum absolute atomic E-state index is 13.2. The minimum atomic E-state index is -0.508. The van der Waals surface area contributed by atoms with Gasteiger partial charge in [0.2, 0.25) is 6.29 Å². The zero-order valence-electron chi connectivity index (χ0n) is 18.5. The largest absolute Gasteiger partial charge is 0.463 e. The van der Waals surface area contributed by atoms with Gasteiger partial charge in [-0.25, -0.2) is 35.6 Å². The number of aliphatic imine (C=N–C) groups is 2. The molecule has 0 spiro atoms. The number of nitrogens with two attached hydrogens (primary N) is 1. The van der Waals surface area contributed by atoms with Crippen LogP contribution in [0.4, 0.5) is 4.79 Å². The molecular weight excluding hydrogens is 422 g/mol. The van der Waals surface area contributed by atoms with Gasteiger partial charge in [0.15, 0.2) is 11.6 Å². The van der Waals surface area contributed by atoms with Crippen molar-refractivity contribution in [3.05, 3.63) is 58.9 Å². The summed E-state index contributed by atoms with van der Waals surface area (Å²) in [6.45, 7) is 5.11. The summed E-state index contributed by atoms with van der Waals surface area (Å²) in [5.74, 6) is 7.29. The van der Waals surface area contributed by atoms with E-state index in [0.29, 0.717) is 29.5 Å². The molecule has 33 heavy (non-hydrogen) atoms. The third-order valence-electron chi connectivity index (χ3n) is 6.47. The van der Waals surface area contributed by atoms with Gasteiger partial charge in [-0.15, -0.1) is 0 Å². The van der Waals surface area contributed by atoms with Gasteiger partial charge in [0.1, 0.15) is 17.7 Å². The highest BCUT2D eigenvalue weighted by Crippen LogP contribution is 2.38. The topological polar surface area (TPSA) is 110 Å². The summed E-state index contributed by atoms with van der Waals surface area (Å²) in [5, 5.41) is 4.80. The Bertz CT molecular complexity index is 1200. The number of hydrogen-bond acceptors (Lipinski definition) is 9. The van der Waals surface area contributed by atoms with E-state index in [2.05, 4.69) is 27.9 Å². The predicted octanol–water partition coefficient (Wildman–Crippen LogP) is 1.21. The molecule has 0 saturated carbocycles. The molecule has 1 saturated heterocycles. The molecular formula is C22H25N9O2. The van der Waals surface area contributed by atoms with Crippen molar-refractivity contribution in [1.29, 1.82) is 0 Å². The summed E-state index contributed by atoms with van der Waals surface area (Å²) in [6, 6.07) is 5.73. The van der Waals surface area contributed by atoms with E-state index < -0.39 is 6.29 Å². The second kappa shape index (κ2) is 7.42. The van der Waals surface area contributed by atoms with E-state index >= 15 is 0 Å². The molecule has 1 unspecified atom stereocenters. The van der Waals surface area contributed by atoms with E-state index in [4.69, 9.17) is 15.3 Å². The van der Waals surface area contributed by atoms with Crippen LogP contribution in [0.15, 0.2) is 50.8 Å². The Kier molecular flexibility index (Phi) is 4.49. The fourth-order valence-corrected chi connectivity index (χ4v) is 4.81. The molecule has 1 fully saturated rings. The van der Waals surface area contributed by atoms with Gasteiger partial charge in [0.05, 0.1) is 6.26 Å². The summed E-state index contributed by atoms with van der Waals surface area (Å²) in [7, 11) is 1.74. The molecule has 0 aliphatic carbocycles. The lowest BCUT2D eigenvalue weighted by atomic mass is 10.0. The van der Waals surface area contributed by atoms with E-state index in [1.54, 1.807) is 29.3 Å². The first kappa shape index (κ1) is 19.9. The number of carbonyl (C=O) groups excluding carboxylic acids is 1. The zero-order chi connectivity index (χ0) is 22.7. The van der Waals surface area contributed by atoms with Crippen LogP contribution in [0.1, 0.15) is 22.6 Å². The molecule has 4 aliphatic rings. The quantitative estimate of drug-likeness (QED) is 0.702. The number of carbonyl (C=O) groups is 1. The number of urea groups is 1. The normalized spacial score (nSPS) is 22.2. The average Bonchev–Trinajstić information content (AvgIpc) is 3.52. The van der Waals surface area contributed by atoms with Crippen LogP contribution < -0.4 is 5.84 Å². The lowest BCUT2D eigenvalue weighted by molar-refractivity contribution is 0.0838. The predicted molar refractivity (Wildman–Crippen MR) is 121 cm³/mol. The van der Waals surface area contributed by atoms with Crippen LogP contribution in [-0.2, 0) is 13.0 Å². The van der Waals surface area contributed by atoms with Crippen molar-refractivity contribution in [2.24, 2.45) is 15.8 Å². The number of nitrogens with zero attached hydrogens (tertiary/aromatic N) is 8. The SMILES string of the molecule is Cc1cnc2c(c1)CN(CCN1C(=O)N(C)N3C4=C(c5ccco5)N=CN(N)C4=NC13)CC2. The first-order valence-electron chi connectivity index (χ1n) is 11.0. The van der Waals surface area contributed by atoms with Crippen molar-refractivity contribution in [2.45, 2.75) is 26.2 Å². The van der Waals surface area contributed by atoms with Crippen LogP contribution in [-0.4, -0.2) is 81.0 Å². The third-order valence-corrected chi connectivity index (χ3v) is 6.47. The number of rotatable bonds is 4. The smallest absolute Gasteiger partial charge is 0.341 e. The number of hydrogen-bond donors (Lipinski definition) is 1. The summed E-state index contributed by atoms with van der Waals surface area (Å²) in [5.41, 5.74) is 4.86. The van der Waals surface area contributed by atoms with Gasteiger partial charge >= 0.3 is 6.03 Å². The van der Waals surface area contributed by atoms with Crippen LogP contribution in [0, 0.1) is 6.92 Å². The maximum Gasteiger partial charge on any atom is 0.341 e. The third kappa shape index (κ3) is 3.11. The van der Waals surface area contributed by atoms with Gasteiger partial charge < -0.3 is 4.42 Å². The van der Waals surface area contributed by atoms with Gasteiger partial charge in [0, 0.05) is 51.5 Å². The van der Waals surface area contributed by atoms with Gasteiger partial charge in [-0.2, -0.15) is 0 Å². The summed E-state index contributed by atoms with van der Waals surface area (Å²) in [6.07, 6.45) is 5.44. The molecule has 0 aromatic carbocycles. The van der Waals surface area contributed by atoms with Crippen molar-refractivity contribution in [2.75, 3.05) is 26.7 Å².